The van der Waals surface area contributed by atoms with Crippen molar-refractivity contribution in [1.29, 1.82) is 0 Å². The molecule has 0 unspecified atom stereocenters. The average molecular weight is 301 g/mol. The van der Waals surface area contributed by atoms with Crippen LogP contribution in [0.2, 0.25) is 0 Å². The van der Waals surface area contributed by atoms with Gasteiger partial charge >= 0.3 is 6.18 Å². The highest BCUT2D eigenvalue weighted by Crippen LogP contribution is 2.20. The number of halogens is 3. The fraction of sp³-hybridized carbons (Fsp3) is 0.308. The minimum atomic E-state index is -4.36. The van der Waals surface area contributed by atoms with Gasteiger partial charge in [0.2, 0.25) is 0 Å². The highest BCUT2D eigenvalue weighted by molar-refractivity contribution is 6.07. The van der Waals surface area contributed by atoms with E-state index >= 15 is 0 Å². The van der Waals surface area contributed by atoms with E-state index in [1.165, 1.54) is 6.20 Å². The molecule has 21 heavy (non-hydrogen) atoms. The smallest absolute Gasteiger partial charge is 0.399 e. The van der Waals surface area contributed by atoms with Crippen LogP contribution in [0, 0.1) is 0 Å². The molecule has 0 aliphatic heterocycles. The number of alkyl halides is 3. The van der Waals surface area contributed by atoms with E-state index in [0.717, 1.165) is 5.52 Å². The van der Waals surface area contributed by atoms with Crippen LogP contribution in [-0.4, -0.2) is 36.8 Å². The van der Waals surface area contributed by atoms with Crippen molar-refractivity contribution in [3.8, 4) is 0 Å². The Morgan fingerprint density at radius 2 is 2.14 bits per heavy atom. The third-order valence-corrected chi connectivity index (χ3v) is 2.75. The summed E-state index contributed by atoms with van der Waals surface area (Å²) in [6.07, 6.45) is -2.84. The van der Waals surface area contributed by atoms with Crippen molar-refractivity contribution in [3.63, 3.8) is 0 Å². The molecule has 0 saturated carbocycles. The highest BCUT2D eigenvalue weighted by atomic mass is 19.4. The van der Waals surface area contributed by atoms with Gasteiger partial charge in [0.05, 0.1) is 12.2 Å². The van der Waals surface area contributed by atoms with Crippen LogP contribution in [0.4, 0.5) is 18.9 Å². The van der Waals surface area contributed by atoms with Crippen molar-refractivity contribution in [2.24, 2.45) is 0 Å². The Morgan fingerprint density at radius 1 is 1.38 bits per heavy atom. The molecular formula is C13H14F3N3O2. The van der Waals surface area contributed by atoms with Crippen LogP contribution in [0.1, 0.15) is 10.4 Å². The van der Waals surface area contributed by atoms with E-state index in [1.807, 2.05) is 0 Å². The Balaban J connectivity index is 1.89. The van der Waals surface area contributed by atoms with Gasteiger partial charge < -0.3 is 20.8 Å². The first-order chi connectivity index (χ1) is 9.87. The summed E-state index contributed by atoms with van der Waals surface area (Å²) < 4.78 is 40.0. The van der Waals surface area contributed by atoms with E-state index in [-0.39, 0.29) is 13.2 Å². The van der Waals surface area contributed by atoms with E-state index in [9.17, 15) is 18.0 Å². The number of H-pyrrole nitrogens is 1. The van der Waals surface area contributed by atoms with Gasteiger partial charge in [0.1, 0.15) is 6.61 Å². The maximum Gasteiger partial charge on any atom is 0.411 e. The number of ether oxygens (including phenoxy) is 1. The summed E-state index contributed by atoms with van der Waals surface area (Å²) in [5, 5.41) is 3.15. The van der Waals surface area contributed by atoms with Gasteiger partial charge in [-0.1, -0.05) is 0 Å². The molecule has 1 aromatic heterocycles. The van der Waals surface area contributed by atoms with Crippen molar-refractivity contribution < 1.29 is 22.7 Å². The van der Waals surface area contributed by atoms with Crippen molar-refractivity contribution in [2.45, 2.75) is 6.18 Å². The second kappa shape index (κ2) is 6.04. The number of aromatic amines is 1. The molecule has 114 valence electrons. The summed E-state index contributed by atoms with van der Waals surface area (Å²) in [7, 11) is 0. The molecule has 2 rings (SSSR count). The number of carbonyl (C=O) groups is 1. The van der Waals surface area contributed by atoms with Crippen molar-refractivity contribution in [3.05, 3.63) is 30.0 Å². The summed E-state index contributed by atoms with van der Waals surface area (Å²) >= 11 is 0. The lowest BCUT2D eigenvalue weighted by molar-refractivity contribution is -0.173. The molecule has 5 nitrogen and oxygen atoms in total. The number of benzene rings is 1. The minimum absolute atomic E-state index is 0.0100. The molecule has 0 radical (unpaired) electrons. The predicted octanol–water partition coefficient (Wildman–Crippen LogP) is 2.06. The number of carbonyl (C=O) groups excluding carboxylic acids is 1. The number of nitrogens with one attached hydrogen (secondary N) is 2. The number of nitrogens with two attached hydrogens (primary N) is 1. The van der Waals surface area contributed by atoms with Crippen LogP contribution in [0.3, 0.4) is 0 Å². The van der Waals surface area contributed by atoms with Gasteiger partial charge in [-0.2, -0.15) is 13.2 Å². The van der Waals surface area contributed by atoms with Gasteiger partial charge in [0.25, 0.3) is 5.91 Å². The van der Waals surface area contributed by atoms with Crippen LogP contribution in [-0.2, 0) is 4.74 Å². The van der Waals surface area contributed by atoms with Gasteiger partial charge in [0, 0.05) is 29.3 Å². The summed E-state index contributed by atoms with van der Waals surface area (Å²) in [5.41, 5.74) is 7.31. The molecular weight excluding hydrogens is 287 g/mol. The van der Waals surface area contributed by atoms with Crippen molar-refractivity contribution in [2.75, 3.05) is 25.5 Å². The second-order valence-corrected chi connectivity index (χ2v) is 4.43. The Labute approximate surface area is 118 Å². The molecule has 0 atom stereocenters. The van der Waals surface area contributed by atoms with E-state index < -0.39 is 18.7 Å². The number of rotatable bonds is 5. The van der Waals surface area contributed by atoms with Crippen LogP contribution >= 0.6 is 0 Å². The molecule has 1 heterocycles. The van der Waals surface area contributed by atoms with Crippen LogP contribution in [0.15, 0.2) is 24.4 Å². The number of hydrogen-bond acceptors (Lipinski definition) is 3. The predicted molar refractivity (Wildman–Crippen MR) is 71.9 cm³/mol. The van der Waals surface area contributed by atoms with Crippen LogP contribution in [0.25, 0.3) is 10.9 Å². The number of hydrogen-bond donors (Lipinski definition) is 3. The molecule has 0 aliphatic carbocycles. The molecule has 0 bridgehead atoms. The maximum absolute atomic E-state index is 11.9. The molecule has 4 N–H and O–H groups in total. The van der Waals surface area contributed by atoms with Crippen LogP contribution in [0.5, 0.6) is 0 Å². The zero-order chi connectivity index (χ0) is 15.5. The Bertz CT molecular complexity index is 637. The van der Waals surface area contributed by atoms with Gasteiger partial charge in [-0.3, -0.25) is 4.79 Å². The number of aromatic nitrogens is 1. The molecule has 2 aromatic rings. The first-order valence-corrected chi connectivity index (χ1v) is 6.16. The topological polar surface area (TPSA) is 80.1 Å². The van der Waals surface area contributed by atoms with Crippen LogP contribution < -0.4 is 11.1 Å². The highest BCUT2D eigenvalue weighted by Gasteiger charge is 2.27. The molecule has 0 aliphatic rings. The zero-order valence-electron chi connectivity index (χ0n) is 11.0. The zero-order valence-corrected chi connectivity index (χ0v) is 11.0. The lowest BCUT2D eigenvalue weighted by atomic mass is 10.1. The number of amides is 1. The van der Waals surface area contributed by atoms with E-state index in [4.69, 9.17) is 5.73 Å². The first kappa shape index (κ1) is 15.2. The molecule has 0 spiro atoms. The van der Waals surface area contributed by atoms with Gasteiger partial charge in [-0.15, -0.1) is 0 Å². The Morgan fingerprint density at radius 3 is 2.86 bits per heavy atom. The summed E-state index contributed by atoms with van der Waals surface area (Å²) in [6.45, 7) is -1.55. The molecule has 0 fully saturated rings. The van der Waals surface area contributed by atoms with Crippen molar-refractivity contribution in [1.82, 2.24) is 10.3 Å². The Kier molecular flexibility index (Phi) is 4.37. The van der Waals surface area contributed by atoms with E-state index in [0.29, 0.717) is 16.6 Å². The summed E-state index contributed by atoms with van der Waals surface area (Å²) in [6, 6.07) is 5.10. The quantitative estimate of drug-likeness (QED) is 0.584. The SMILES string of the molecule is Nc1ccc2[nH]cc(C(=O)NCCOCC(F)(F)F)c2c1. The lowest BCUT2D eigenvalue weighted by Crippen LogP contribution is -2.28. The van der Waals surface area contributed by atoms with Gasteiger partial charge in [-0.05, 0) is 18.2 Å². The van der Waals surface area contributed by atoms with E-state index in [1.54, 1.807) is 18.2 Å². The van der Waals surface area contributed by atoms with Gasteiger partial charge in [0.15, 0.2) is 0 Å². The third kappa shape index (κ3) is 4.12. The van der Waals surface area contributed by atoms with Crippen molar-refractivity contribution >= 4 is 22.5 Å². The number of nitrogen functional groups attached to an aromatic ring is 1. The fourth-order valence-electron chi connectivity index (χ4n) is 1.85. The Hall–Kier alpha value is -2.22. The normalized spacial score (nSPS) is 11.8. The molecule has 1 aromatic carbocycles. The first-order valence-electron chi connectivity index (χ1n) is 6.16. The second-order valence-electron chi connectivity index (χ2n) is 4.43. The third-order valence-electron chi connectivity index (χ3n) is 2.75. The minimum Gasteiger partial charge on any atom is -0.399 e. The largest absolute Gasteiger partial charge is 0.411 e. The fourth-order valence-corrected chi connectivity index (χ4v) is 1.85. The molecule has 0 saturated heterocycles. The molecule has 1 amide bonds. The van der Waals surface area contributed by atoms with Gasteiger partial charge in [-0.25, -0.2) is 0 Å². The molecule has 8 heteroatoms. The van der Waals surface area contributed by atoms with E-state index in [2.05, 4.69) is 15.0 Å². The standard InChI is InChI=1S/C13H14F3N3O2/c14-13(15,16)7-21-4-3-18-12(20)10-6-19-11-2-1-8(17)5-9(10)11/h1-2,5-6,19H,3-4,7,17H2,(H,18,20). The lowest BCUT2D eigenvalue weighted by Gasteiger charge is -2.08. The number of fused-ring (bicyclic) bond motifs is 1. The monoisotopic (exact) mass is 301 g/mol. The number of anilines is 1. The summed E-state index contributed by atoms with van der Waals surface area (Å²) in [4.78, 5) is 14.9. The maximum atomic E-state index is 11.9. The summed E-state index contributed by atoms with van der Waals surface area (Å²) in [5.74, 6) is -0.401. The average Bonchev–Trinajstić information content (AvgIpc) is 2.79.